The highest BCUT2D eigenvalue weighted by Gasteiger charge is 2.29. The number of hydrogen-bond acceptors (Lipinski definition) is 14. The molecule has 0 rings (SSSR count). The number of esters is 3. The van der Waals surface area contributed by atoms with Crippen LogP contribution in [0.1, 0.15) is 239 Å². The number of aliphatic hydroxyl groups excluding tert-OH is 2. The lowest BCUT2D eigenvalue weighted by molar-refractivity contribution is -0.161. The average molecular weight is 1340 g/mol. The van der Waals surface area contributed by atoms with Gasteiger partial charge >= 0.3 is 33.6 Å². The maximum absolute atomic E-state index is 12.9. The van der Waals surface area contributed by atoms with Crippen LogP contribution in [0.4, 0.5) is 0 Å². The quantitative estimate of drug-likeness (QED) is 0.0146. The third-order valence-electron chi connectivity index (χ3n) is 13.7. The predicted molar refractivity (Wildman–Crippen MR) is 380 cm³/mol. The molecule has 93 heavy (non-hydrogen) atoms. The predicted octanol–water partition coefficient (Wildman–Crippen LogP) is 19.5. The van der Waals surface area contributed by atoms with E-state index in [-0.39, 0.29) is 19.3 Å². The van der Waals surface area contributed by atoms with E-state index in [4.69, 9.17) is 32.3 Å². The van der Waals surface area contributed by atoms with E-state index in [1.165, 1.54) is 19.3 Å². The Balaban J connectivity index is 4.78. The van der Waals surface area contributed by atoms with Crippen LogP contribution in [0.2, 0.25) is 0 Å². The molecule has 5 atom stereocenters. The molecule has 0 heterocycles. The Bertz CT molecular complexity index is 2320. The van der Waals surface area contributed by atoms with Crippen LogP contribution in [-0.4, -0.2) is 95.9 Å². The standard InChI is InChI=1S/C75H122O16P2/c1-4-7-10-13-16-19-22-25-28-31-33-34-36-39-40-43-46-49-52-55-58-61-73(78)85-64-70(76)65-87-92(81,82)88-66-71(77)67-89-93(83,84)90-69-72(91-75(80)63-60-57-54-51-48-45-42-37-30-27-24-21-18-15-12-9-6-3)68-86-74(79)62-59-56-53-50-47-44-41-38-35-32-29-26-23-20-17-14-11-8-5-2/h7,9-10,12,16-21,25-30,33-35,38-40,42,45-46,49,70-72,76-77H,4-6,8,11,13-15,22-24,31-32,36-37,41,43-44,47-48,50-69H2,1-3H3,(H,81,82)(H,83,84)/b10-7-,12-9-,19-16-,20-17-,21-18-,28-25-,29-26-,30-27-,34-33-,38-35-,40-39-,45-42-,49-46-. The number of carbonyl (C=O) groups is 3. The molecule has 0 aromatic rings. The van der Waals surface area contributed by atoms with Crippen LogP contribution in [0, 0.1) is 0 Å². The SMILES string of the molecule is CC/C=C\C/C=C\C/C=C\C/C=C\C/C=C\C/C=C\CCCCC(=O)OCC(O)COP(=O)(O)OCC(O)COP(=O)(O)OCC(COC(=O)CCCCCCCC/C=C\C/C=C\C/C=C\CCCCC)OC(=O)CCCCCC/C=C\C/C=C\C/C=C\C/C=C\CC. The Morgan fingerprint density at radius 2 is 0.570 bits per heavy atom. The van der Waals surface area contributed by atoms with Gasteiger partial charge in [0.2, 0.25) is 0 Å². The first-order valence-corrected chi connectivity index (χ1v) is 37.8. The molecule has 0 saturated carbocycles. The lowest BCUT2D eigenvalue weighted by Crippen LogP contribution is -2.30. The van der Waals surface area contributed by atoms with Gasteiger partial charge in [0.1, 0.15) is 25.4 Å². The minimum absolute atomic E-state index is 0.0665. The first-order chi connectivity index (χ1) is 45.2. The van der Waals surface area contributed by atoms with E-state index in [2.05, 4.69) is 179 Å². The smallest absolute Gasteiger partial charge is 0.463 e. The molecule has 0 saturated heterocycles. The van der Waals surface area contributed by atoms with Crippen LogP contribution < -0.4 is 0 Å². The number of aliphatic hydroxyl groups is 2. The summed E-state index contributed by atoms with van der Waals surface area (Å²) in [5, 5.41) is 20.6. The summed E-state index contributed by atoms with van der Waals surface area (Å²) in [4.78, 5) is 58.4. The summed E-state index contributed by atoms with van der Waals surface area (Å²) in [6, 6.07) is 0. The van der Waals surface area contributed by atoms with Crippen molar-refractivity contribution in [3.8, 4) is 0 Å². The van der Waals surface area contributed by atoms with Gasteiger partial charge in [-0.1, -0.05) is 230 Å². The number of phosphoric ester groups is 2. The molecule has 0 bridgehead atoms. The third-order valence-corrected chi connectivity index (χ3v) is 15.6. The van der Waals surface area contributed by atoms with E-state index in [9.17, 15) is 43.5 Å². The van der Waals surface area contributed by atoms with Crippen molar-refractivity contribution >= 4 is 33.6 Å². The van der Waals surface area contributed by atoms with E-state index in [0.717, 1.165) is 161 Å². The van der Waals surface area contributed by atoms with Crippen molar-refractivity contribution in [2.24, 2.45) is 0 Å². The molecule has 0 aliphatic rings. The van der Waals surface area contributed by atoms with Crippen LogP contribution in [0.5, 0.6) is 0 Å². The highest BCUT2D eigenvalue weighted by molar-refractivity contribution is 7.47. The molecular weight excluding hydrogens is 1220 g/mol. The summed E-state index contributed by atoms with van der Waals surface area (Å²) < 4.78 is 60.9. The molecule has 0 aliphatic carbocycles. The van der Waals surface area contributed by atoms with E-state index in [0.29, 0.717) is 19.3 Å². The van der Waals surface area contributed by atoms with Crippen molar-refractivity contribution in [2.75, 3.05) is 39.6 Å². The average Bonchev–Trinajstić information content (AvgIpc) is 3.72. The van der Waals surface area contributed by atoms with Crippen molar-refractivity contribution < 1.29 is 75.8 Å². The van der Waals surface area contributed by atoms with Gasteiger partial charge in [0.25, 0.3) is 0 Å². The van der Waals surface area contributed by atoms with Gasteiger partial charge in [-0.2, -0.15) is 0 Å². The van der Waals surface area contributed by atoms with Crippen LogP contribution in [0.15, 0.2) is 158 Å². The molecule has 18 heteroatoms. The molecule has 0 aromatic heterocycles. The maximum Gasteiger partial charge on any atom is 0.472 e. The summed E-state index contributed by atoms with van der Waals surface area (Å²) in [7, 11) is -9.82. The molecule has 528 valence electrons. The summed E-state index contributed by atoms with van der Waals surface area (Å²) in [5.74, 6) is -1.67. The summed E-state index contributed by atoms with van der Waals surface area (Å²) in [6.07, 6.45) is 81.5. The number of carbonyl (C=O) groups excluding carboxylic acids is 3. The van der Waals surface area contributed by atoms with Crippen molar-refractivity contribution in [2.45, 2.75) is 257 Å². The minimum atomic E-state index is -4.95. The van der Waals surface area contributed by atoms with Crippen molar-refractivity contribution in [3.63, 3.8) is 0 Å². The number of rotatable bonds is 64. The molecular formula is C75H122O16P2. The summed E-state index contributed by atoms with van der Waals surface area (Å²) in [5.41, 5.74) is 0. The molecule has 0 amide bonds. The van der Waals surface area contributed by atoms with Gasteiger partial charge in [0.15, 0.2) is 6.10 Å². The molecule has 16 nitrogen and oxygen atoms in total. The normalized spacial score (nSPS) is 15.1. The number of allylic oxidation sites excluding steroid dienone is 26. The second kappa shape index (κ2) is 67.2. The van der Waals surface area contributed by atoms with Crippen molar-refractivity contribution in [1.82, 2.24) is 0 Å². The number of hydrogen-bond donors (Lipinski definition) is 4. The summed E-state index contributed by atoms with van der Waals surface area (Å²) in [6.45, 7) is 2.29. The van der Waals surface area contributed by atoms with Gasteiger partial charge < -0.3 is 34.2 Å². The lowest BCUT2D eigenvalue weighted by Gasteiger charge is -2.21. The van der Waals surface area contributed by atoms with Gasteiger partial charge in [0.05, 0.1) is 26.4 Å². The Hall–Kier alpha value is -4.83. The van der Waals surface area contributed by atoms with Crippen LogP contribution in [0.3, 0.4) is 0 Å². The van der Waals surface area contributed by atoms with Crippen LogP contribution in [-0.2, 0) is 55.8 Å². The Labute approximate surface area is 561 Å². The molecule has 4 N–H and O–H groups in total. The molecule has 5 unspecified atom stereocenters. The zero-order valence-corrected chi connectivity index (χ0v) is 58.9. The third kappa shape index (κ3) is 68.4. The topological polar surface area (TPSA) is 231 Å². The molecule has 0 fully saturated rings. The van der Waals surface area contributed by atoms with Gasteiger partial charge in [-0.05, 0) is 148 Å². The number of ether oxygens (including phenoxy) is 3. The Morgan fingerprint density at radius 3 is 0.925 bits per heavy atom. The van der Waals surface area contributed by atoms with Gasteiger partial charge in [-0.3, -0.25) is 32.5 Å². The van der Waals surface area contributed by atoms with E-state index >= 15 is 0 Å². The molecule has 0 aromatic carbocycles. The highest BCUT2D eigenvalue weighted by atomic mass is 31.2. The monoisotopic (exact) mass is 1340 g/mol. The second-order valence-electron chi connectivity index (χ2n) is 22.6. The number of phosphoric acid groups is 2. The Kier molecular flexibility index (Phi) is 63.7. The molecule has 0 aliphatic heterocycles. The first-order valence-electron chi connectivity index (χ1n) is 34.8. The maximum atomic E-state index is 12.9. The second-order valence-corrected chi connectivity index (χ2v) is 25.5. The lowest BCUT2D eigenvalue weighted by atomic mass is 10.1. The van der Waals surface area contributed by atoms with Crippen LogP contribution >= 0.6 is 15.6 Å². The zero-order chi connectivity index (χ0) is 68.1. The zero-order valence-electron chi connectivity index (χ0n) is 57.1. The van der Waals surface area contributed by atoms with Crippen molar-refractivity contribution in [3.05, 3.63) is 158 Å². The summed E-state index contributed by atoms with van der Waals surface area (Å²) >= 11 is 0. The van der Waals surface area contributed by atoms with E-state index < -0.39 is 91.5 Å². The first kappa shape index (κ1) is 88.2. The fourth-order valence-electron chi connectivity index (χ4n) is 8.45. The number of unbranched alkanes of at least 4 members (excludes halogenated alkanes) is 15. The minimum Gasteiger partial charge on any atom is -0.463 e. The Morgan fingerprint density at radius 1 is 0.312 bits per heavy atom. The van der Waals surface area contributed by atoms with E-state index in [1.807, 2.05) is 0 Å². The van der Waals surface area contributed by atoms with Gasteiger partial charge in [-0.15, -0.1) is 0 Å². The van der Waals surface area contributed by atoms with Gasteiger partial charge in [-0.25, -0.2) is 9.13 Å². The fourth-order valence-corrected chi connectivity index (χ4v) is 10.0. The molecule has 0 radical (unpaired) electrons. The van der Waals surface area contributed by atoms with Crippen LogP contribution in [0.25, 0.3) is 0 Å². The fraction of sp³-hybridized carbons (Fsp3) is 0.613. The van der Waals surface area contributed by atoms with E-state index in [1.54, 1.807) is 0 Å². The molecule has 0 spiro atoms. The largest absolute Gasteiger partial charge is 0.472 e. The highest BCUT2D eigenvalue weighted by Crippen LogP contribution is 2.45. The van der Waals surface area contributed by atoms with Gasteiger partial charge in [0, 0.05) is 19.3 Å². The van der Waals surface area contributed by atoms with Crippen molar-refractivity contribution in [1.29, 1.82) is 0 Å².